The van der Waals surface area contributed by atoms with Gasteiger partial charge in [-0.25, -0.2) is 17.2 Å². The number of hydrogen-bond acceptors (Lipinski definition) is 5. The lowest BCUT2D eigenvalue weighted by Crippen LogP contribution is -2.49. The first kappa shape index (κ1) is 26.9. The topological polar surface area (TPSA) is 79.0 Å². The molecule has 4 rings (SSSR count). The van der Waals surface area contributed by atoms with Gasteiger partial charge in [-0.1, -0.05) is 36.4 Å². The van der Waals surface area contributed by atoms with Gasteiger partial charge in [0.05, 0.1) is 11.5 Å². The molecule has 0 saturated carbocycles. The van der Waals surface area contributed by atoms with Crippen LogP contribution < -0.4 is 5.32 Å². The van der Waals surface area contributed by atoms with E-state index in [9.17, 15) is 22.0 Å². The number of carbonyl (C=O) groups excluding carboxylic acids is 1. The highest BCUT2D eigenvalue weighted by atomic mass is 32.2. The molecule has 1 fully saturated rings. The molecule has 10 heteroatoms. The number of hydrogen-bond donors (Lipinski definition) is 1. The van der Waals surface area contributed by atoms with E-state index < -0.39 is 27.8 Å². The quantitative estimate of drug-likeness (QED) is 0.453. The molecular formula is C27H29F2N3O4S. The summed E-state index contributed by atoms with van der Waals surface area (Å²) in [4.78, 5) is 13.5. The molecule has 0 bridgehead atoms. The van der Waals surface area contributed by atoms with Crippen LogP contribution in [-0.2, 0) is 19.6 Å². The Balaban J connectivity index is 1.33. The van der Waals surface area contributed by atoms with E-state index >= 15 is 0 Å². The Labute approximate surface area is 215 Å². The van der Waals surface area contributed by atoms with Gasteiger partial charge in [-0.15, -0.1) is 0 Å². The van der Waals surface area contributed by atoms with Gasteiger partial charge < -0.3 is 10.1 Å². The summed E-state index contributed by atoms with van der Waals surface area (Å²) < 4.78 is 61.0. The monoisotopic (exact) mass is 529 g/mol. The highest BCUT2D eigenvalue weighted by Gasteiger charge is 2.28. The highest BCUT2D eigenvalue weighted by Crippen LogP contribution is 2.27. The van der Waals surface area contributed by atoms with E-state index in [1.54, 1.807) is 12.1 Å². The van der Waals surface area contributed by atoms with Crippen LogP contribution in [0.25, 0.3) is 0 Å². The van der Waals surface area contributed by atoms with Crippen molar-refractivity contribution < 1.29 is 26.7 Å². The van der Waals surface area contributed by atoms with Crippen LogP contribution in [-0.4, -0.2) is 62.9 Å². The van der Waals surface area contributed by atoms with Crippen molar-refractivity contribution in [2.45, 2.75) is 17.9 Å². The predicted octanol–water partition coefficient (Wildman–Crippen LogP) is 4.04. The SMILES string of the molecule is CC(=O)Nc1ccc(S(=O)(=O)N2CCN(CCO[C@@H](c3ccccc3)c3ccc(F)c(F)c3)CC2)cc1. The minimum Gasteiger partial charge on any atom is -0.367 e. The number of rotatable bonds is 9. The summed E-state index contributed by atoms with van der Waals surface area (Å²) in [6.07, 6.45) is -0.557. The summed E-state index contributed by atoms with van der Waals surface area (Å²) in [5.41, 5.74) is 1.88. The first-order chi connectivity index (χ1) is 17.7. The molecule has 196 valence electrons. The molecule has 3 aromatic carbocycles. The lowest BCUT2D eigenvalue weighted by Gasteiger charge is -2.34. The molecule has 7 nitrogen and oxygen atoms in total. The standard InChI is InChI=1S/C27H29F2N3O4S/c1-20(33)30-23-8-10-24(11-9-23)37(34,35)32-15-13-31(14-16-32)17-18-36-27(21-5-3-2-4-6-21)22-7-12-25(28)26(29)19-22/h2-12,19,27H,13-18H2,1H3,(H,30,33)/t27-/m0/s1. The molecule has 0 aliphatic carbocycles. The number of nitrogens with zero attached hydrogens (tertiary/aromatic N) is 2. The molecule has 1 N–H and O–H groups in total. The molecule has 1 aliphatic heterocycles. The van der Waals surface area contributed by atoms with Crippen LogP contribution in [0.5, 0.6) is 0 Å². The Kier molecular flexibility index (Phi) is 8.65. The maximum atomic E-state index is 13.9. The van der Waals surface area contributed by atoms with Crippen molar-refractivity contribution in [1.82, 2.24) is 9.21 Å². The van der Waals surface area contributed by atoms with Crippen molar-refractivity contribution in [2.75, 3.05) is 44.6 Å². The number of ether oxygens (including phenoxy) is 1. The second-order valence-electron chi connectivity index (χ2n) is 8.79. The van der Waals surface area contributed by atoms with Crippen molar-refractivity contribution in [3.63, 3.8) is 0 Å². The maximum absolute atomic E-state index is 13.9. The molecule has 0 radical (unpaired) electrons. The van der Waals surface area contributed by atoms with Gasteiger partial charge in [0.1, 0.15) is 6.10 Å². The maximum Gasteiger partial charge on any atom is 0.243 e. The fourth-order valence-electron chi connectivity index (χ4n) is 4.24. The average Bonchev–Trinajstić information content (AvgIpc) is 2.89. The zero-order chi connectivity index (χ0) is 26.4. The minimum absolute atomic E-state index is 0.176. The first-order valence-corrected chi connectivity index (χ1v) is 13.4. The van der Waals surface area contributed by atoms with Crippen LogP contribution in [0.1, 0.15) is 24.2 Å². The Morgan fingerprint density at radius 3 is 2.22 bits per heavy atom. The van der Waals surface area contributed by atoms with E-state index in [4.69, 9.17) is 4.74 Å². The lowest BCUT2D eigenvalue weighted by atomic mass is 10.0. The number of carbonyl (C=O) groups is 1. The van der Waals surface area contributed by atoms with Crippen molar-refractivity contribution in [3.8, 4) is 0 Å². The number of nitrogens with one attached hydrogen (secondary N) is 1. The van der Waals surface area contributed by atoms with E-state index in [-0.39, 0.29) is 10.8 Å². The number of piperazine rings is 1. The number of anilines is 1. The lowest BCUT2D eigenvalue weighted by molar-refractivity contribution is -0.114. The predicted molar refractivity (Wildman–Crippen MR) is 137 cm³/mol. The number of sulfonamides is 1. The van der Waals surface area contributed by atoms with Gasteiger partial charge in [0.2, 0.25) is 15.9 Å². The summed E-state index contributed by atoms with van der Waals surface area (Å²) in [7, 11) is -3.65. The smallest absolute Gasteiger partial charge is 0.243 e. The minimum atomic E-state index is -3.65. The molecule has 0 unspecified atom stereocenters. The third kappa shape index (κ3) is 6.78. The fourth-order valence-corrected chi connectivity index (χ4v) is 5.67. The third-order valence-corrected chi connectivity index (χ3v) is 8.10. The fraction of sp³-hybridized carbons (Fsp3) is 0.296. The molecule has 37 heavy (non-hydrogen) atoms. The second-order valence-corrected chi connectivity index (χ2v) is 10.7. The van der Waals surface area contributed by atoms with Crippen molar-refractivity contribution in [3.05, 3.63) is 95.6 Å². The van der Waals surface area contributed by atoms with Crippen LogP contribution >= 0.6 is 0 Å². The third-order valence-electron chi connectivity index (χ3n) is 6.18. The molecular weight excluding hydrogens is 500 g/mol. The number of benzene rings is 3. The molecule has 1 amide bonds. The average molecular weight is 530 g/mol. The number of halogens is 2. The van der Waals surface area contributed by atoms with Crippen molar-refractivity contribution >= 4 is 21.6 Å². The summed E-state index contributed by atoms with van der Waals surface area (Å²) >= 11 is 0. The summed E-state index contributed by atoms with van der Waals surface area (Å²) in [5.74, 6) is -2.06. The second kappa shape index (κ2) is 11.9. The van der Waals surface area contributed by atoms with E-state index in [0.717, 1.165) is 17.7 Å². The van der Waals surface area contributed by atoms with Crippen molar-refractivity contribution in [1.29, 1.82) is 0 Å². The highest BCUT2D eigenvalue weighted by molar-refractivity contribution is 7.89. The van der Waals surface area contributed by atoms with Gasteiger partial charge >= 0.3 is 0 Å². The van der Waals surface area contributed by atoms with Gasteiger partial charge in [0, 0.05) is 45.3 Å². The summed E-state index contributed by atoms with van der Waals surface area (Å²) in [6.45, 7) is 4.02. The zero-order valence-corrected chi connectivity index (χ0v) is 21.3. The number of amides is 1. The van der Waals surface area contributed by atoms with Crippen molar-refractivity contribution in [2.24, 2.45) is 0 Å². The Morgan fingerprint density at radius 2 is 1.59 bits per heavy atom. The Morgan fingerprint density at radius 1 is 0.919 bits per heavy atom. The molecule has 0 aromatic heterocycles. The Hall–Kier alpha value is -3.18. The van der Waals surface area contributed by atoms with E-state index in [0.29, 0.717) is 50.6 Å². The molecule has 1 atom stereocenters. The van der Waals surface area contributed by atoms with Crippen LogP contribution in [0.15, 0.2) is 77.7 Å². The van der Waals surface area contributed by atoms with Gasteiger partial charge in [0.25, 0.3) is 0 Å². The van der Waals surface area contributed by atoms with E-state index in [1.807, 2.05) is 30.3 Å². The molecule has 1 heterocycles. The van der Waals surface area contributed by atoms with Crippen LogP contribution in [0.4, 0.5) is 14.5 Å². The molecule has 1 aliphatic rings. The largest absolute Gasteiger partial charge is 0.367 e. The zero-order valence-electron chi connectivity index (χ0n) is 20.4. The van der Waals surface area contributed by atoms with Crippen LogP contribution in [0, 0.1) is 11.6 Å². The van der Waals surface area contributed by atoms with Gasteiger partial charge in [0.15, 0.2) is 11.6 Å². The van der Waals surface area contributed by atoms with Gasteiger partial charge in [-0.05, 0) is 47.5 Å². The molecule has 1 saturated heterocycles. The van der Waals surface area contributed by atoms with Crippen LogP contribution in [0.2, 0.25) is 0 Å². The summed E-state index contributed by atoms with van der Waals surface area (Å²) in [6, 6.07) is 19.2. The van der Waals surface area contributed by atoms with Crippen LogP contribution in [0.3, 0.4) is 0 Å². The molecule has 3 aromatic rings. The molecule has 0 spiro atoms. The van der Waals surface area contributed by atoms with E-state index in [2.05, 4.69) is 10.2 Å². The van der Waals surface area contributed by atoms with Gasteiger partial charge in [-0.3, -0.25) is 9.69 Å². The van der Waals surface area contributed by atoms with Gasteiger partial charge in [-0.2, -0.15) is 4.31 Å². The van der Waals surface area contributed by atoms with E-state index in [1.165, 1.54) is 29.4 Å². The summed E-state index contributed by atoms with van der Waals surface area (Å²) in [5, 5.41) is 2.62. The Bertz CT molecular complexity index is 1310. The normalized spacial score (nSPS) is 15.9. The first-order valence-electron chi connectivity index (χ1n) is 12.0.